The maximum atomic E-state index is 12.0. The molecule has 1 N–H and O–H groups in total. The Morgan fingerprint density at radius 2 is 1.80 bits per heavy atom. The number of hydrogen-bond donors (Lipinski definition) is 1. The quantitative estimate of drug-likeness (QED) is 0.712. The summed E-state index contributed by atoms with van der Waals surface area (Å²) in [7, 11) is -3.31. The van der Waals surface area contributed by atoms with Gasteiger partial charge in [-0.3, -0.25) is 4.79 Å². The average Bonchev–Trinajstić information content (AvgIpc) is 2.54. The van der Waals surface area contributed by atoms with Crippen molar-refractivity contribution in [2.24, 2.45) is 0 Å². The molecule has 0 unspecified atom stereocenters. The molecule has 1 amide bonds. The van der Waals surface area contributed by atoms with Gasteiger partial charge in [-0.15, -0.1) is 0 Å². The number of amides is 1. The molecule has 9 heteroatoms. The Kier molecular flexibility index (Phi) is 6.21. The molecule has 0 aromatic heterocycles. The van der Waals surface area contributed by atoms with Crippen LogP contribution in [0.2, 0.25) is 5.02 Å². The summed E-state index contributed by atoms with van der Waals surface area (Å²) in [5.74, 6) is -1.29. The SMILES string of the molecule is CS(=O)(=O)c1ccc(NC(=O)COC(=O)c2cc(Br)ccc2Cl)cc1. The summed E-state index contributed by atoms with van der Waals surface area (Å²) in [6.07, 6.45) is 1.09. The van der Waals surface area contributed by atoms with Gasteiger partial charge in [-0.2, -0.15) is 0 Å². The third kappa shape index (κ3) is 5.55. The van der Waals surface area contributed by atoms with Crippen molar-refractivity contribution in [3.05, 3.63) is 57.5 Å². The van der Waals surface area contributed by atoms with Crippen molar-refractivity contribution in [3.8, 4) is 0 Å². The molecule has 0 radical (unpaired) electrons. The molecule has 0 bridgehead atoms. The monoisotopic (exact) mass is 445 g/mol. The van der Waals surface area contributed by atoms with E-state index in [1.807, 2.05) is 0 Å². The van der Waals surface area contributed by atoms with Crippen LogP contribution in [-0.2, 0) is 19.4 Å². The molecule has 0 aliphatic carbocycles. The highest BCUT2D eigenvalue weighted by atomic mass is 79.9. The minimum absolute atomic E-state index is 0.140. The van der Waals surface area contributed by atoms with Crippen molar-refractivity contribution in [2.75, 3.05) is 18.2 Å². The first-order valence-corrected chi connectivity index (χ1v) is 9.95. The second-order valence-electron chi connectivity index (χ2n) is 5.05. The largest absolute Gasteiger partial charge is 0.452 e. The maximum absolute atomic E-state index is 12.0. The summed E-state index contributed by atoms with van der Waals surface area (Å²) in [5, 5.41) is 2.71. The fourth-order valence-electron chi connectivity index (χ4n) is 1.85. The molecule has 132 valence electrons. The lowest BCUT2D eigenvalue weighted by Crippen LogP contribution is -2.21. The lowest BCUT2D eigenvalue weighted by Gasteiger charge is -2.08. The number of nitrogens with one attached hydrogen (secondary N) is 1. The molecule has 2 aromatic rings. The van der Waals surface area contributed by atoms with Crippen LogP contribution >= 0.6 is 27.5 Å². The first kappa shape index (κ1) is 19.4. The van der Waals surface area contributed by atoms with Crippen molar-refractivity contribution in [2.45, 2.75) is 4.90 Å². The molecule has 0 saturated heterocycles. The average molecular weight is 447 g/mol. The zero-order valence-electron chi connectivity index (χ0n) is 13.0. The molecule has 0 saturated carbocycles. The first-order chi connectivity index (χ1) is 11.7. The van der Waals surface area contributed by atoms with Gasteiger partial charge in [-0.05, 0) is 42.5 Å². The van der Waals surface area contributed by atoms with E-state index in [9.17, 15) is 18.0 Å². The van der Waals surface area contributed by atoms with E-state index >= 15 is 0 Å². The highest BCUT2D eigenvalue weighted by molar-refractivity contribution is 9.10. The van der Waals surface area contributed by atoms with Crippen LogP contribution in [0.3, 0.4) is 0 Å². The third-order valence-corrected chi connectivity index (χ3v) is 5.00. The van der Waals surface area contributed by atoms with E-state index in [1.54, 1.807) is 6.07 Å². The number of halogens is 2. The smallest absolute Gasteiger partial charge is 0.340 e. The molecule has 0 aliphatic heterocycles. The van der Waals surface area contributed by atoms with E-state index in [1.165, 1.54) is 36.4 Å². The van der Waals surface area contributed by atoms with E-state index < -0.39 is 28.3 Å². The molecule has 6 nitrogen and oxygen atoms in total. The van der Waals surface area contributed by atoms with Gasteiger partial charge in [0.15, 0.2) is 16.4 Å². The van der Waals surface area contributed by atoms with Gasteiger partial charge in [0, 0.05) is 16.4 Å². The van der Waals surface area contributed by atoms with E-state index in [-0.39, 0.29) is 15.5 Å². The topological polar surface area (TPSA) is 89.5 Å². The molecule has 0 fully saturated rings. The number of anilines is 1. The van der Waals surface area contributed by atoms with Crippen LogP contribution in [0.5, 0.6) is 0 Å². The van der Waals surface area contributed by atoms with Gasteiger partial charge in [0.05, 0.1) is 15.5 Å². The van der Waals surface area contributed by atoms with Gasteiger partial charge < -0.3 is 10.1 Å². The first-order valence-electron chi connectivity index (χ1n) is 6.89. The second kappa shape index (κ2) is 7.99. The summed E-state index contributed by atoms with van der Waals surface area (Å²) >= 11 is 9.14. The highest BCUT2D eigenvalue weighted by Gasteiger charge is 2.14. The van der Waals surface area contributed by atoms with E-state index in [0.717, 1.165) is 6.26 Å². The number of carbonyl (C=O) groups excluding carboxylic acids is 2. The standard InChI is InChI=1S/C16H13BrClNO5S/c1-25(22,23)12-5-3-11(4-6-12)19-15(20)9-24-16(21)13-8-10(17)2-7-14(13)18/h2-8H,9H2,1H3,(H,19,20). The van der Waals surface area contributed by atoms with Crippen LogP contribution in [0.1, 0.15) is 10.4 Å². The normalized spacial score (nSPS) is 11.0. The number of esters is 1. The van der Waals surface area contributed by atoms with Crippen molar-refractivity contribution in [1.29, 1.82) is 0 Å². The van der Waals surface area contributed by atoms with Crippen molar-refractivity contribution in [3.63, 3.8) is 0 Å². The van der Waals surface area contributed by atoms with Crippen LogP contribution in [-0.4, -0.2) is 33.2 Å². The zero-order valence-corrected chi connectivity index (χ0v) is 16.1. The van der Waals surface area contributed by atoms with E-state index in [2.05, 4.69) is 21.2 Å². The zero-order chi connectivity index (χ0) is 18.6. The number of ether oxygens (including phenoxy) is 1. The van der Waals surface area contributed by atoms with Gasteiger partial charge in [0.25, 0.3) is 5.91 Å². The number of benzene rings is 2. The molecule has 2 aromatic carbocycles. The molecule has 0 heterocycles. The number of hydrogen-bond acceptors (Lipinski definition) is 5. The summed E-state index contributed by atoms with van der Waals surface area (Å²) in [4.78, 5) is 23.9. The summed E-state index contributed by atoms with van der Waals surface area (Å²) in [6.45, 7) is -0.504. The fraction of sp³-hybridized carbons (Fsp3) is 0.125. The van der Waals surface area contributed by atoms with Crippen LogP contribution in [0.4, 0.5) is 5.69 Å². The second-order valence-corrected chi connectivity index (χ2v) is 8.38. The summed E-state index contributed by atoms with van der Waals surface area (Å²) < 4.78 is 28.3. The lowest BCUT2D eigenvalue weighted by molar-refractivity contribution is -0.119. The Hall–Kier alpha value is -1.90. The predicted octanol–water partition coefficient (Wildman–Crippen LogP) is 3.30. The summed E-state index contributed by atoms with van der Waals surface area (Å²) in [5.41, 5.74) is 0.523. The number of rotatable bonds is 5. The van der Waals surface area contributed by atoms with E-state index in [4.69, 9.17) is 16.3 Å². The Labute approximate surface area is 158 Å². The van der Waals surface area contributed by atoms with E-state index in [0.29, 0.717) is 10.2 Å². The Bertz CT molecular complexity index is 913. The van der Waals surface area contributed by atoms with Gasteiger partial charge in [-0.1, -0.05) is 27.5 Å². The Morgan fingerprint density at radius 1 is 1.16 bits per heavy atom. The Balaban J connectivity index is 1.94. The van der Waals surface area contributed by atoms with Crippen LogP contribution in [0.15, 0.2) is 51.8 Å². The molecular formula is C16H13BrClNO5S. The van der Waals surface area contributed by atoms with Crippen LogP contribution < -0.4 is 5.32 Å². The highest BCUT2D eigenvalue weighted by Crippen LogP contribution is 2.21. The van der Waals surface area contributed by atoms with Crippen LogP contribution in [0.25, 0.3) is 0 Å². The van der Waals surface area contributed by atoms with Gasteiger partial charge in [0.2, 0.25) is 0 Å². The van der Waals surface area contributed by atoms with Gasteiger partial charge in [-0.25, -0.2) is 13.2 Å². The third-order valence-electron chi connectivity index (χ3n) is 3.05. The molecular weight excluding hydrogens is 434 g/mol. The van der Waals surface area contributed by atoms with Gasteiger partial charge in [0.1, 0.15) is 0 Å². The molecule has 0 atom stereocenters. The predicted molar refractivity (Wildman–Crippen MR) is 97.6 cm³/mol. The number of carbonyl (C=O) groups is 2. The van der Waals surface area contributed by atoms with Gasteiger partial charge >= 0.3 is 5.97 Å². The summed E-state index contributed by atoms with van der Waals surface area (Å²) in [6, 6.07) is 10.3. The maximum Gasteiger partial charge on any atom is 0.340 e. The molecule has 0 spiro atoms. The molecule has 2 rings (SSSR count). The molecule has 0 aliphatic rings. The lowest BCUT2D eigenvalue weighted by atomic mass is 10.2. The number of sulfone groups is 1. The fourth-order valence-corrected chi connectivity index (χ4v) is 3.03. The Morgan fingerprint density at radius 3 is 2.40 bits per heavy atom. The van der Waals surface area contributed by atoms with Crippen molar-refractivity contribution in [1.82, 2.24) is 0 Å². The minimum atomic E-state index is -3.31. The minimum Gasteiger partial charge on any atom is -0.452 e. The van der Waals surface area contributed by atoms with Crippen molar-refractivity contribution >= 4 is 54.9 Å². The molecule has 25 heavy (non-hydrogen) atoms. The van der Waals surface area contributed by atoms with Crippen LogP contribution in [0, 0.1) is 0 Å². The van der Waals surface area contributed by atoms with Crippen molar-refractivity contribution < 1.29 is 22.7 Å².